The Balaban J connectivity index is 1.72. The second kappa shape index (κ2) is 8.86. The van der Waals surface area contributed by atoms with Crippen LogP contribution in [0.1, 0.15) is 46.5 Å². The third-order valence-corrected chi connectivity index (χ3v) is 8.77. The fraction of sp³-hybridized carbons (Fsp3) is 0.708. The van der Waals surface area contributed by atoms with Crippen molar-refractivity contribution in [2.75, 3.05) is 26.3 Å². The highest BCUT2D eigenvalue weighted by Crippen LogP contribution is 2.61. The first-order valence-electron chi connectivity index (χ1n) is 11.6. The summed E-state index contributed by atoms with van der Waals surface area (Å²) in [6, 6.07) is -0.631. The third-order valence-electron chi connectivity index (χ3n) is 7.03. The van der Waals surface area contributed by atoms with Crippen molar-refractivity contribution in [1.29, 1.82) is 0 Å². The Labute approximate surface area is 194 Å². The Morgan fingerprint density at radius 2 is 1.88 bits per heavy atom. The van der Waals surface area contributed by atoms with Crippen LogP contribution < -0.4 is 0 Å². The second-order valence-corrected chi connectivity index (χ2v) is 11.6. The summed E-state index contributed by atoms with van der Waals surface area (Å²) in [5, 5.41) is 8.86. The van der Waals surface area contributed by atoms with Crippen molar-refractivity contribution in [3.8, 4) is 0 Å². The lowest BCUT2D eigenvalue weighted by Gasteiger charge is -2.40. The van der Waals surface area contributed by atoms with Crippen molar-refractivity contribution in [3.63, 3.8) is 0 Å². The number of esters is 1. The van der Waals surface area contributed by atoms with E-state index in [1.165, 1.54) is 0 Å². The van der Waals surface area contributed by atoms with Crippen LogP contribution in [0.5, 0.6) is 0 Å². The molecule has 0 saturated carbocycles. The molecule has 2 fully saturated rings. The average Bonchev–Trinajstić information content (AvgIpc) is 3.01. The van der Waals surface area contributed by atoms with Crippen molar-refractivity contribution in [2.45, 2.75) is 68.0 Å². The van der Waals surface area contributed by atoms with Crippen LogP contribution in [0.25, 0.3) is 0 Å². The van der Waals surface area contributed by atoms with Crippen molar-refractivity contribution < 1.29 is 24.2 Å². The van der Waals surface area contributed by atoms with E-state index in [-0.39, 0.29) is 41.8 Å². The van der Waals surface area contributed by atoms with E-state index in [0.29, 0.717) is 13.1 Å². The molecule has 0 aliphatic carbocycles. The predicted molar refractivity (Wildman–Crippen MR) is 123 cm³/mol. The Hall–Kier alpha value is -1.80. The summed E-state index contributed by atoms with van der Waals surface area (Å²) in [4.78, 5) is 44.3. The average molecular weight is 463 g/mol. The molecular formula is C24H34N2O5S. The van der Waals surface area contributed by atoms with E-state index in [0.717, 1.165) is 25.7 Å². The van der Waals surface area contributed by atoms with E-state index in [1.807, 2.05) is 50.0 Å². The van der Waals surface area contributed by atoms with Gasteiger partial charge in [0, 0.05) is 30.5 Å². The van der Waals surface area contributed by atoms with E-state index in [2.05, 4.69) is 0 Å². The summed E-state index contributed by atoms with van der Waals surface area (Å²) < 4.78 is 4.62. The zero-order chi connectivity index (χ0) is 23.1. The Morgan fingerprint density at radius 3 is 2.59 bits per heavy atom. The molecule has 1 N–H and O–H groups in total. The molecule has 4 rings (SSSR count). The van der Waals surface area contributed by atoms with Gasteiger partial charge in [-0.05, 0) is 33.6 Å². The van der Waals surface area contributed by atoms with E-state index in [4.69, 9.17) is 9.84 Å². The van der Waals surface area contributed by atoms with Gasteiger partial charge < -0.3 is 19.6 Å². The number of nitrogens with zero attached hydrogens (tertiary/aromatic N) is 2. The minimum absolute atomic E-state index is 0.0463. The fourth-order valence-electron chi connectivity index (χ4n) is 5.56. The zero-order valence-corrected chi connectivity index (χ0v) is 20.0. The van der Waals surface area contributed by atoms with Crippen LogP contribution >= 0.6 is 11.8 Å². The second-order valence-electron chi connectivity index (χ2n) is 10.1. The van der Waals surface area contributed by atoms with Crippen molar-refractivity contribution in [3.05, 3.63) is 24.3 Å². The number of unbranched alkanes of at least 4 members (excludes halogenated alkanes) is 3. The number of rotatable bonds is 6. The van der Waals surface area contributed by atoms with Gasteiger partial charge in [-0.25, -0.2) is 0 Å². The molecule has 32 heavy (non-hydrogen) atoms. The van der Waals surface area contributed by atoms with Crippen LogP contribution in [-0.2, 0) is 19.1 Å². The number of hydrogen-bond donors (Lipinski definition) is 1. The molecule has 2 amide bonds. The Bertz CT molecular complexity index is 835. The minimum Gasteiger partial charge on any atom is -0.461 e. The van der Waals surface area contributed by atoms with E-state index in [9.17, 15) is 14.4 Å². The number of cyclic esters (lactones) is 1. The van der Waals surface area contributed by atoms with Crippen LogP contribution in [0.4, 0.5) is 0 Å². The lowest BCUT2D eigenvalue weighted by molar-refractivity contribution is -0.151. The zero-order valence-electron chi connectivity index (χ0n) is 19.2. The smallest absolute Gasteiger partial charge is 0.311 e. The SMILES string of the molecule is CC(C)(C)N1CC=C[C@]23S[C@@H]4C=CCOC(=O)[C@@H]4[C@H]2C(=O)N(CCCCCCO)C3C1=O. The van der Waals surface area contributed by atoms with Crippen LogP contribution in [0, 0.1) is 11.8 Å². The van der Waals surface area contributed by atoms with Gasteiger partial charge in [0.05, 0.1) is 16.6 Å². The lowest BCUT2D eigenvalue weighted by atomic mass is 9.78. The Morgan fingerprint density at radius 1 is 1.12 bits per heavy atom. The van der Waals surface area contributed by atoms with Gasteiger partial charge in [0.15, 0.2) is 0 Å². The number of amides is 2. The summed E-state index contributed by atoms with van der Waals surface area (Å²) in [6.07, 6.45) is 11.1. The molecule has 1 spiro atoms. The quantitative estimate of drug-likeness (QED) is 0.370. The highest BCUT2D eigenvalue weighted by Gasteiger charge is 2.71. The summed E-state index contributed by atoms with van der Waals surface area (Å²) in [7, 11) is 0. The molecule has 5 atom stereocenters. The number of likely N-dealkylation sites (tertiary alicyclic amines) is 1. The maximum Gasteiger partial charge on any atom is 0.311 e. The van der Waals surface area contributed by atoms with Gasteiger partial charge in [-0.2, -0.15) is 0 Å². The molecular weight excluding hydrogens is 428 g/mol. The van der Waals surface area contributed by atoms with Gasteiger partial charge in [-0.3, -0.25) is 14.4 Å². The third kappa shape index (κ3) is 3.79. The first-order chi connectivity index (χ1) is 15.2. The van der Waals surface area contributed by atoms with E-state index in [1.54, 1.807) is 16.7 Å². The van der Waals surface area contributed by atoms with Gasteiger partial charge in [0.1, 0.15) is 12.6 Å². The monoisotopic (exact) mass is 462 g/mol. The topological polar surface area (TPSA) is 87.2 Å². The van der Waals surface area contributed by atoms with Crippen LogP contribution in [0.2, 0.25) is 0 Å². The summed E-state index contributed by atoms with van der Waals surface area (Å²) >= 11 is 1.58. The first kappa shape index (κ1) is 23.4. The lowest BCUT2D eigenvalue weighted by Crippen LogP contribution is -2.57. The predicted octanol–water partition coefficient (Wildman–Crippen LogP) is 2.15. The molecule has 0 aromatic carbocycles. The normalized spacial score (nSPS) is 34.2. The number of thioether (sulfide) groups is 1. The number of hydrogen-bond acceptors (Lipinski definition) is 6. The number of ether oxygens (including phenoxy) is 1. The molecule has 0 aromatic heterocycles. The largest absolute Gasteiger partial charge is 0.461 e. The number of fused-ring (bicyclic) bond motifs is 2. The van der Waals surface area contributed by atoms with Crippen LogP contribution in [0.3, 0.4) is 0 Å². The van der Waals surface area contributed by atoms with Gasteiger partial charge in [-0.1, -0.05) is 37.1 Å². The van der Waals surface area contributed by atoms with E-state index >= 15 is 0 Å². The van der Waals surface area contributed by atoms with Crippen LogP contribution in [-0.4, -0.2) is 80.6 Å². The van der Waals surface area contributed by atoms with Crippen LogP contribution in [0.15, 0.2) is 24.3 Å². The number of carbonyl (C=O) groups is 3. The molecule has 1 unspecified atom stereocenters. The first-order valence-corrected chi connectivity index (χ1v) is 12.5. The van der Waals surface area contributed by atoms with Crippen molar-refractivity contribution >= 4 is 29.5 Å². The van der Waals surface area contributed by atoms with Crippen molar-refractivity contribution in [2.24, 2.45) is 11.8 Å². The summed E-state index contributed by atoms with van der Waals surface area (Å²) in [6.45, 7) is 7.39. The van der Waals surface area contributed by atoms with Gasteiger partial charge in [-0.15, -0.1) is 11.8 Å². The maximum atomic E-state index is 14.0. The summed E-state index contributed by atoms with van der Waals surface area (Å²) in [5.74, 6) is -1.68. The molecule has 0 radical (unpaired) electrons. The standard InChI is InChI=1S/C24H34N2O5S/c1-23(2,3)26-13-9-11-24-18(17-16(32-24)10-8-15-31-22(17)30)20(28)25(19(24)21(26)29)12-6-4-5-7-14-27/h8-11,16-19,27H,4-7,12-15H2,1-3H3/t16-,17+,18+,19?,24+/m1/s1. The molecule has 8 heteroatoms. The van der Waals surface area contributed by atoms with Gasteiger partial charge >= 0.3 is 5.97 Å². The molecule has 4 aliphatic heterocycles. The molecule has 2 saturated heterocycles. The molecule has 0 aromatic rings. The number of aliphatic hydroxyl groups excluding tert-OH is 1. The highest BCUT2D eigenvalue weighted by atomic mass is 32.2. The molecule has 7 nitrogen and oxygen atoms in total. The van der Waals surface area contributed by atoms with Gasteiger partial charge in [0.25, 0.3) is 0 Å². The number of carbonyl (C=O) groups excluding carboxylic acids is 3. The number of aliphatic hydroxyl groups is 1. The van der Waals surface area contributed by atoms with Gasteiger partial charge in [0.2, 0.25) is 11.8 Å². The minimum atomic E-state index is -0.769. The summed E-state index contributed by atoms with van der Waals surface area (Å²) in [5.41, 5.74) is -0.382. The molecule has 0 bridgehead atoms. The maximum absolute atomic E-state index is 14.0. The van der Waals surface area contributed by atoms with E-state index < -0.39 is 22.6 Å². The highest BCUT2D eigenvalue weighted by molar-refractivity contribution is 8.02. The fourth-order valence-corrected chi connectivity index (χ4v) is 7.56. The molecule has 4 aliphatic rings. The van der Waals surface area contributed by atoms with Crippen molar-refractivity contribution in [1.82, 2.24) is 9.80 Å². The Kier molecular flexibility index (Phi) is 6.47. The molecule has 176 valence electrons. The molecule has 4 heterocycles.